The maximum Gasteiger partial charge on any atom is 0.398 e. The fraction of sp³-hybridized carbons (Fsp3) is 0.476. The number of carbonyl (C=O) groups is 1. The van der Waals surface area contributed by atoms with Gasteiger partial charge in [-0.2, -0.15) is 13.2 Å². The van der Waals surface area contributed by atoms with Crippen molar-refractivity contribution in [2.45, 2.75) is 56.2 Å². The Morgan fingerprint density at radius 1 is 1.28 bits per heavy atom. The number of H-pyrrole nitrogens is 1. The van der Waals surface area contributed by atoms with Crippen molar-refractivity contribution < 1.29 is 18.0 Å². The van der Waals surface area contributed by atoms with Gasteiger partial charge in [0.15, 0.2) is 5.78 Å². The van der Waals surface area contributed by atoms with Crippen LogP contribution < -0.4 is 10.9 Å². The Balaban J connectivity index is 1.39. The van der Waals surface area contributed by atoms with Gasteiger partial charge in [0.05, 0.1) is 12.0 Å². The van der Waals surface area contributed by atoms with E-state index in [2.05, 4.69) is 15.3 Å². The van der Waals surface area contributed by atoms with Gasteiger partial charge in [0.25, 0.3) is 5.56 Å². The molecular weight excluding hydrogens is 383 g/mol. The van der Waals surface area contributed by atoms with Crippen LogP contribution in [0.4, 0.5) is 13.2 Å². The minimum atomic E-state index is -4.23. The first-order valence-corrected chi connectivity index (χ1v) is 9.75. The molecule has 2 fully saturated rings. The lowest BCUT2D eigenvalue weighted by molar-refractivity contribution is -0.160. The molecule has 1 heterocycles. The molecule has 2 aliphatic carbocycles. The number of nitrogens with one attached hydrogen (secondary N) is 2. The molecule has 0 saturated heterocycles. The molecule has 2 N–H and O–H groups in total. The van der Waals surface area contributed by atoms with E-state index < -0.39 is 11.6 Å². The van der Waals surface area contributed by atoms with E-state index in [9.17, 15) is 22.8 Å². The Morgan fingerprint density at radius 3 is 2.48 bits per heavy atom. The number of alkyl halides is 3. The van der Waals surface area contributed by atoms with Crippen molar-refractivity contribution in [3.05, 3.63) is 63.3 Å². The second-order valence-electron chi connectivity index (χ2n) is 8.02. The fourth-order valence-electron chi connectivity index (χ4n) is 3.58. The molecule has 2 aliphatic rings. The summed E-state index contributed by atoms with van der Waals surface area (Å²) in [5.74, 6) is 0.492. The van der Waals surface area contributed by atoms with Crippen molar-refractivity contribution in [2.24, 2.45) is 0 Å². The third kappa shape index (κ3) is 3.99. The summed E-state index contributed by atoms with van der Waals surface area (Å²) >= 11 is 0. The lowest BCUT2D eigenvalue weighted by atomic mass is 9.93. The van der Waals surface area contributed by atoms with Crippen molar-refractivity contribution in [1.82, 2.24) is 15.3 Å². The van der Waals surface area contributed by atoms with E-state index in [1.54, 1.807) is 12.1 Å². The number of aromatic amines is 1. The van der Waals surface area contributed by atoms with Gasteiger partial charge in [0.1, 0.15) is 11.5 Å². The lowest BCUT2D eigenvalue weighted by Gasteiger charge is -2.21. The highest BCUT2D eigenvalue weighted by Gasteiger charge is 2.64. The molecule has 1 unspecified atom stereocenters. The van der Waals surface area contributed by atoms with Gasteiger partial charge in [-0.3, -0.25) is 9.59 Å². The van der Waals surface area contributed by atoms with Crippen molar-refractivity contribution in [1.29, 1.82) is 0 Å². The number of nitrogens with zero attached hydrogens (tertiary/aromatic N) is 1. The Labute approximate surface area is 165 Å². The van der Waals surface area contributed by atoms with Crippen molar-refractivity contribution in [2.75, 3.05) is 6.54 Å². The Kier molecular flexibility index (Phi) is 4.85. The number of benzene rings is 1. The molecular formula is C21H22F3N3O2. The number of Topliss-reactive ketones (excluding diaryl/α,β-unsaturated/α-hetero) is 1. The molecule has 0 spiro atoms. The molecule has 0 bridgehead atoms. The van der Waals surface area contributed by atoms with Crippen LogP contribution in [-0.4, -0.2) is 28.5 Å². The van der Waals surface area contributed by atoms with Crippen LogP contribution in [0.2, 0.25) is 0 Å². The number of aromatic nitrogens is 2. The van der Waals surface area contributed by atoms with Crippen LogP contribution in [0.3, 0.4) is 0 Å². The fourth-order valence-corrected chi connectivity index (χ4v) is 3.58. The molecule has 5 nitrogen and oxygen atoms in total. The highest BCUT2D eigenvalue weighted by atomic mass is 19.4. The van der Waals surface area contributed by atoms with Gasteiger partial charge in [-0.05, 0) is 43.7 Å². The lowest BCUT2D eigenvalue weighted by Crippen LogP contribution is -2.29. The molecule has 154 valence electrons. The topological polar surface area (TPSA) is 74.8 Å². The summed E-state index contributed by atoms with van der Waals surface area (Å²) in [6.07, 6.45) is -2.05. The highest BCUT2D eigenvalue weighted by Crippen LogP contribution is 2.58. The third-order valence-electron chi connectivity index (χ3n) is 5.83. The van der Waals surface area contributed by atoms with E-state index >= 15 is 0 Å². The van der Waals surface area contributed by atoms with Gasteiger partial charge in [0, 0.05) is 18.0 Å². The van der Waals surface area contributed by atoms with Crippen LogP contribution >= 0.6 is 0 Å². The molecule has 8 heteroatoms. The van der Waals surface area contributed by atoms with Crippen molar-refractivity contribution in [3.63, 3.8) is 0 Å². The normalized spacial score (nSPS) is 19.0. The SMILES string of the molecule is CC(NCC(=O)c1cc(=O)[nH]c(C2CC2)n1)c1ccc(C2(C(F)(F)F)CC2)cc1. The molecule has 0 aliphatic heterocycles. The maximum atomic E-state index is 13.2. The first kappa shape index (κ1) is 19.8. The molecule has 4 rings (SSSR count). The molecule has 29 heavy (non-hydrogen) atoms. The molecule has 1 aromatic carbocycles. The van der Waals surface area contributed by atoms with Gasteiger partial charge in [-0.25, -0.2) is 4.98 Å². The minimum absolute atomic E-state index is 0.0179. The summed E-state index contributed by atoms with van der Waals surface area (Å²) in [5.41, 5.74) is -0.822. The zero-order chi connectivity index (χ0) is 20.8. The Bertz CT molecular complexity index is 974. The molecule has 0 amide bonds. The van der Waals surface area contributed by atoms with Crippen LogP contribution in [0, 0.1) is 0 Å². The monoisotopic (exact) mass is 405 g/mol. The quantitative estimate of drug-likeness (QED) is 0.688. The standard InChI is InChI=1S/C21H22F3N3O2/c1-12(13-4-6-15(7-5-13)20(8-9-20)21(22,23)24)25-11-17(28)16-10-18(29)27-19(26-16)14-2-3-14/h4-7,10,12,14,25H,2-3,8-9,11H2,1H3,(H,26,27,29). The van der Waals surface area contributed by atoms with Gasteiger partial charge >= 0.3 is 6.18 Å². The summed E-state index contributed by atoms with van der Waals surface area (Å²) in [6, 6.07) is 7.34. The number of halogens is 3. The molecule has 0 radical (unpaired) electrons. The minimum Gasteiger partial charge on any atom is -0.310 e. The maximum absolute atomic E-state index is 13.2. The van der Waals surface area contributed by atoms with Crippen LogP contribution in [0.25, 0.3) is 0 Å². The number of hydrogen-bond acceptors (Lipinski definition) is 4. The van der Waals surface area contributed by atoms with E-state index in [1.165, 1.54) is 18.2 Å². The van der Waals surface area contributed by atoms with Crippen LogP contribution in [0.5, 0.6) is 0 Å². The average Bonchev–Trinajstić information content (AvgIpc) is 3.56. The smallest absolute Gasteiger partial charge is 0.310 e. The Hall–Kier alpha value is -2.48. The van der Waals surface area contributed by atoms with Gasteiger partial charge in [-0.1, -0.05) is 24.3 Å². The zero-order valence-electron chi connectivity index (χ0n) is 16.0. The second-order valence-corrected chi connectivity index (χ2v) is 8.02. The Morgan fingerprint density at radius 2 is 1.93 bits per heavy atom. The van der Waals surface area contributed by atoms with Crippen LogP contribution in [0.1, 0.15) is 72.0 Å². The van der Waals surface area contributed by atoms with E-state index in [0.717, 1.165) is 18.4 Å². The summed E-state index contributed by atoms with van der Waals surface area (Å²) in [7, 11) is 0. The van der Waals surface area contributed by atoms with E-state index in [-0.39, 0.29) is 53.9 Å². The second kappa shape index (κ2) is 7.09. The summed E-state index contributed by atoms with van der Waals surface area (Å²) < 4.78 is 39.7. The highest BCUT2D eigenvalue weighted by molar-refractivity contribution is 5.95. The third-order valence-corrected chi connectivity index (χ3v) is 5.83. The zero-order valence-corrected chi connectivity index (χ0v) is 16.0. The number of carbonyl (C=O) groups excluding carboxylic acids is 1. The largest absolute Gasteiger partial charge is 0.398 e. The number of ketones is 1. The summed E-state index contributed by atoms with van der Waals surface area (Å²) in [5, 5.41) is 3.06. The van der Waals surface area contributed by atoms with E-state index in [4.69, 9.17) is 0 Å². The first-order chi connectivity index (χ1) is 13.7. The molecule has 2 saturated carbocycles. The predicted octanol–water partition coefficient (Wildman–Crippen LogP) is 3.77. The molecule has 1 atom stereocenters. The molecule has 2 aromatic rings. The van der Waals surface area contributed by atoms with Crippen molar-refractivity contribution in [3.8, 4) is 0 Å². The molecule has 1 aromatic heterocycles. The van der Waals surface area contributed by atoms with Crippen LogP contribution in [-0.2, 0) is 5.41 Å². The number of hydrogen-bond donors (Lipinski definition) is 2. The van der Waals surface area contributed by atoms with Gasteiger partial charge < -0.3 is 10.3 Å². The average molecular weight is 405 g/mol. The van der Waals surface area contributed by atoms with Crippen molar-refractivity contribution >= 4 is 5.78 Å². The first-order valence-electron chi connectivity index (χ1n) is 9.75. The van der Waals surface area contributed by atoms with Gasteiger partial charge in [-0.15, -0.1) is 0 Å². The van der Waals surface area contributed by atoms with Crippen LogP contribution in [0.15, 0.2) is 35.1 Å². The van der Waals surface area contributed by atoms with E-state index in [0.29, 0.717) is 5.82 Å². The van der Waals surface area contributed by atoms with Gasteiger partial charge in [0.2, 0.25) is 0 Å². The number of rotatable bonds is 7. The summed E-state index contributed by atoms with van der Waals surface area (Å²) in [6.45, 7) is 1.82. The predicted molar refractivity (Wildman–Crippen MR) is 101 cm³/mol. The van der Waals surface area contributed by atoms with E-state index in [1.807, 2.05) is 6.92 Å². The summed E-state index contributed by atoms with van der Waals surface area (Å²) in [4.78, 5) is 31.1.